The van der Waals surface area contributed by atoms with Crippen LogP contribution >= 0.6 is 38.5 Å². The molecule has 1 aromatic rings. The highest BCUT2D eigenvalue weighted by Crippen LogP contribution is 2.30. The van der Waals surface area contributed by atoms with E-state index in [4.69, 9.17) is 5.11 Å². The van der Waals surface area contributed by atoms with Crippen LogP contribution in [0.3, 0.4) is 0 Å². The van der Waals surface area contributed by atoms with Gasteiger partial charge in [-0.3, -0.25) is 4.98 Å². The van der Waals surface area contributed by atoms with Gasteiger partial charge in [-0.15, -0.1) is 13.2 Å². The number of aliphatic hydroxyl groups excluding tert-OH is 1. The first-order valence-electron chi connectivity index (χ1n) is 3.98. The molecule has 0 aliphatic rings. The van der Waals surface area contributed by atoms with Crippen molar-refractivity contribution in [2.75, 3.05) is 0 Å². The Morgan fingerprint density at radius 3 is 2.56 bits per heavy atom. The average molecular weight is 412 g/mol. The largest absolute Gasteiger partial charge is 0.573 e. The van der Waals surface area contributed by atoms with E-state index < -0.39 is 18.7 Å². The molecule has 1 heterocycles. The maximum absolute atomic E-state index is 12.0. The van der Waals surface area contributed by atoms with Crippen LogP contribution in [0.25, 0.3) is 0 Å². The Kier molecular flexibility index (Phi) is 4.80. The minimum Gasteiger partial charge on any atom is -0.404 e. The molecule has 0 spiro atoms. The lowest BCUT2D eigenvalue weighted by molar-refractivity contribution is -0.275. The Morgan fingerprint density at radius 1 is 1.50 bits per heavy atom. The van der Waals surface area contributed by atoms with Crippen molar-refractivity contribution in [1.29, 1.82) is 0 Å². The first-order valence-corrected chi connectivity index (χ1v) is 6.18. The topological polar surface area (TPSA) is 42.4 Å². The second-order valence-corrected chi connectivity index (χ2v) is 4.34. The number of aromatic nitrogens is 1. The van der Waals surface area contributed by atoms with E-state index in [-0.39, 0.29) is 5.56 Å². The summed E-state index contributed by atoms with van der Waals surface area (Å²) < 4.78 is 40.3. The van der Waals surface area contributed by atoms with Gasteiger partial charge in [-0.2, -0.15) is 0 Å². The van der Waals surface area contributed by atoms with Crippen molar-refractivity contribution < 1.29 is 23.0 Å². The highest BCUT2D eigenvalue weighted by Gasteiger charge is 2.32. The summed E-state index contributed by atoms with van der Waals surface area (Å²) in [4.78, 5) is 3.80. The molecular weight excluding hydrogens is 406 g/mol. The van der Waals surface area contributed by atoms with Gasteiger partial charge in [0.15, 0.2) is 5.75 Å². The third-order valence-electron chi connectivity index (χ3n) is 1.66. The number of hydrogen-bond donors (Lipinski definition) is 1. The van der Waals surface area contributed by atoms with Gasteiger partial charge >= 0.3 is 6.36 Å². The van der Waals surface area contributed by atoms with Crippen molar-refractivity contribution in [2.24, 2.45) is 0 Å². The highest BCUT2D eigenvalue weighted by molar-refractivity contribution is 14.1. The quantitative estimate of drug-likeness (QED) is 0.614. The minimum absolute atomic E-state index is 0.0855. The normalized spacial score (nSPS) is 11.6. The lowest BCUT2D eigenvalue weighted by atomic mass is 10.2. The van der Waals surface area contributed by atoms with Gasteiger partial charge in [0, 0.05) is 14.5 Å². The van der Waals surface area contributed by atoms with Crippen molar-refractivity contribution in [2.45, 2.75) is 18.3 Å². The molecule has 1 N–H and O–H groups in total. The number of pyridine rings is 1. The Labute approximate surface area is 111 Å². The zero-order valence-corrected chi connectivity index (χ0v) is 11.4. The van der Waals surface area contributed by atoms with Gasteiger partial charge in [0.25, 0.3) is 0 Å². The van der Waals surface area contributed by atoms with Gasteiger partial charge in [-0.1, -0.05) is 15.9 Å². The first-order chi connectivity index (χ1) is 7.39. The number of rotatable bonds is 3. The van der Waals surface area contributed by atoms with Gasteiger partial charge in [0.05, 0.1) is 18.5 Å². The molecule has 0 saturated heterocycles. The predicted molar refractivity (Wildman–Crippen MR) is 62.2 cm³/mol. The number of hydrogen-bond acceptors (Lipinski definition) is 3. The smallest absolute Gasteiger partial charge is 0.404 e. The Morgan fingerprint density at radius 2 is 2.12 bits per heavy atom. The van der Waals surface area contributed by atoms with Crippen molar-refractivity contribution >= 4 is 38.5 Å². The first kappa shape index (κ1) is 14.0. The van der Waals surface area contributed by atoms with E-state index in [0.717, 1.165) is 6.20 Å². The summed E-state index contributed by atoms with van der Waals surface area (Å²) >= 11 is 4.96. The summed E-state index contributed by atoms with van der Waals surface area (Å²) in [5, 5.41) is 9.41. The van der Waals surface area contributed by atoms with Gasteiger partial charge in [0.2, 0.25) is 0 Å². The molecule has 0 atom stereocenters. The molecule has 0 bridgehead atoms. The van der Waals surface area contributed by atoms with E-state index in [0.29, 0.717) is 14.6 Å². The molecule has 0 aromatic carbocycles. The molecule has 1 rings (SSSR count). The third-order valence-corrected chi connectivity index (χ3v) is 3.47. The molecule has 16 heavy (non-hydrogen) atoms. The average Bonchev–Trinajstić information content (AvgIpc) is 2.16. The predicted octanol–water partition coefficient (Wildman–Crippen LogP) is 2.97. The number of halogens is 5. The van der Waals surface area contributed by atoms with Crippen molar-refractivity contribution in [1.82, 2.24) is 4.98 Å². The highest BCUT2D eigenvalue weighted by atomic mass is 127. The summed E-state index contributed by atoms with van der Waals surface area (Å²) in [6, 6.07) is 0. The van der Waals surface area contributed by atoms with Crippen LogP contribution < -0.4 is 4.74 Å². The summed E-state index contributed by atoms with van der Waals surface area (Å²) in [6.07, 6.45) is -3.83. The lowest BCUT2D eigenvalue weighted by Crippen LogP contribution is -2.19. The molecule has 8 heteroatoms. The van der Waals surface area contributed by atoms with E-state index in [9.17, 15) is 13.2 Å². The molecule has 0 aliphatic heterocycles. The maximum atomic E-state index is 12.0. The lowest BCUT2D eigenvalue weighted by Gasteiger charge is -2.14. The zero-order chi connectivity index (χ0) is 12.3. The van der Waals surface area contributed by atoms with E-state index in [1.807, 2.05) is 22.6 Å². The molecule has 1 aromatic heterocycles. The molecule has 90 valence electrons. The van der Waals surface area contributed by atoms with Crippen LogP contribution in [0.1, 0.15) is 11.3 Å². The SMILES string of the molecule is OCc1c(OC(F)(F)F)cnc(CBr)c1I. The monoisotopic (exact) mass is 411 g/mol. The summed E-state index contributed by atoms with van der Waals surface area (Å²) in [5.74, 6) is -0.468. The van der Waals surface area contributed by atoms with Crippen LogP contribution in [0.4, 0.5) is 13.2 Å². The second-order valence-electron chi connectivity index (χ2n) is 2.70. The van der Waals surface area contributed by atoms with E-state index >= 15 is 0 Å². The number of aliphatic hydroxyl groups is 1. The van der Waals surface area contributed by atoms with Gasteiger partial charge in [0.1, 0.15) is 0 Å². The molecule has 0 saturated carbocycles. The van der Waals surface area contributed by atoms with Crippen molar-refractivity contribution in [3.63, 3.8) is 0 Å². The summed E-state index contributed by atoms with van der Waals surface area (Å²) in [6.45, 7) is -0.536. The number of ether oxygens (including phenoxy) is 1. The van der Waals surface area contributed by atoms with Crippen molar-refractivity contribution in [3.05, 3.63) is 21.0 Å². The van der Waals surface area contributed by atoms with Crippen molar-refractivity contribution in [3.8, 4) is 5.75 Å². The van der Waals surface area contributed by atoms with Gasteiger partial charge in [-0.05, 0) is 22.6 Å². The third kappa shape index (κ3) is 3.45. The van der Waals surface area contributed by atoms with E-state index in [1.54, 1.807) is 0 Å². The van der Waals surface area contributed by atoms with E-state index in [1.165, 1.54) is 0 Å². The van der Waals surface area contributed by atoms with Gasteiger partial charge in [-0.25, -0.2) is 0 Å². The van der Waals surface area contributed by atoms with Crippen LogP contribution in [0.2, 0.25) is 0 Å². The molecule has 0 fully saturated rings. The summed E-state index contributed by atoms with van der Waals surface area (Å²) in [7, 11) is 0. The standard InChI is InChI=1S/C8H6BrF3INO2/c9-1-5-7(13)4(3-15)6(2-14-5)16-8(10,11)12/h2,15H,1,3H2. The number of nitrogens with zero attached hydrogens (tertiary/aromatic N) is 1. The number of alkyl halides is 4. The zero-order valence-electron chi connectivity index (χ0n) is 7.68. The fourth-order valence-corrected chi connectivity index (χ4v) is 2.72. The van der Waals surface area contributed by atoms with E-state index in [2.05, 4.69) is 25.7 Å². The summed E-state index contributed by atoms with van der Waals surface area (Å²) in [5.41, 5.74) is 0.640. The second kappa shape index (κ2) is 5.50. The molecule has 0 aliphatic carbocycles. The Hall–Kier alpha value is -0.0900. The van der Waals surface area contributed by atoms with Gasteiger partial charge < -0.3 is 9.84 Å². The fourth-order valence-electron chi connectivity index (χ4n) is 1.01. The molecular formula is C8H6BrF3INO2. The van der Waals surface area contributed by atoms with Crippen LogP contribution in [-0.4, -0.2) is 16.5 Å². The van der Waals surface area contributed by atoms with Crippen LogP contribution in [0, 0.1) is 3.57 Å². The molecule has 3 nitrogen and oxygen atoms in total. The van der Waals surface area contributed by atoms with Crippen LogP contribution in [0.15, 0.2) is 6.20 Å². The Bertz CT molecular complexity index is 386. The van der Waals surface area contributed by atoms with Crippen LogP contribution in [0.5, 0.6) is 5.75 Å². The molecule has 0 radical (unpaired) electrons. The Balaban J connectivity index is 3.16. The minimum atomic E-state index is -4.79. The molecule has 0 unspecified atom stereocenters. The fraction of sp³-hybridized carbons (Fsp3) is 0.375. The molecule has 0 amide bonds. The van der Waals surface area contributed by atoms with Crippen LogP contribution in [-0.2, 0) is 11.9 Å². The maximum Gasteiger partial charge on any atom is 0.573 e.